The zero-order valence-electron chi connectivity index (χ0n) is 10.0. The molecule has 5 nitrogen and oxygen atoms in total. The molecular formula is C13H11FN2O3. The van der Waals surface area contributed by atoms with Gasteiger partial charge >= 0.3 is 5.97 Å². The largest absolute Gasteiger partial charge is 0.477 e. The maximum Gasteiger partial charge on any atom is 0.352 e. The van der Waals surface area contributed by atoms with Crippen molar-refractivity contribution < 1.29 is 19.1 Å². The van der Waals surface area contributed by atoms with E-state index < -0.39 is 17.6 Å². The van der Waals surface area contributed by atoms with Gasteiger partial charge in [-0.25, -0.2) is 9.18 Å². The Bertz CT molecular complexity index is 677. The number of carbonyl (C=O) groups is 2. The second kappa shape index (κ2) is 4.56. The molecule has 2 rings (SSSR count). The summed E-state index contributed by atoms with van der Waals surface area (Å²) in [5, 5.41) is 8.76. The van der Waals surface area contributed by atoms with E-state index in [1.165, 1.54) is 25.3 Å². The average Bonchev–Trinajstić information content (AvgIpc) is 2.82. The van der Waals surface area contributed by atoms with Gasteiger partial charge in [-0.2, -0.15) is 0 Å². The minimum Gasteiger partial charge on any atom is -0.477 e. The Hall–Kier alpha value is -2.63. The number of anilines is 1. The number of aromatic carboxylic acids is 1. The summed E-state index contributed by atoms with van der Waals surface area (Å²) in [4.78, 5) is 25.2. The fourth-order valence-corrected chi connectivity index (χ4v) is 1.77. The number of hydrogen-bond donors (Lipinski definition) is 3. The number of aromatic nitrogens is 1. The molecule has 0 aliphatic carbocycles. The molecular weight excluding hydrogens is 251 g/mol. The molecule has 0 saturated heterocycles. The van der Waals surface area contributed by atoms with Crippen LogP contribution in [0.3, 0.4) is 0 Å². The van der Waals surface area contributed by atoms with E-state index in [0.29, 0.717) is 0 Å². The zero-order chi connectivity index (χ0) is 14.2. The van der Waals surface area contributed by atoms with E-state index in [1.54, 1.807) is 0 Å². The lowest BCUT2D eigenvalue weighted by molar-refractivity contribution is 0.0691. The average molecular weight is 262 g/mol. The van der Waals surface area contributed by atoms with Crippen LogP contribution in [0, 0.1) is 12.7 Å². The number of carbonyl (C=O) groups excluding carboxylic acids is 1. The first-order valence-electron chi connectivity index (χ1n) is 5.42. The number of aryl methyl sites for hydroxylation is 1. The van der Waals surface area contributed by atoms with Crippen LogP contribution in [0.5, 0.6) is 0 Å². The first kappa shape index (κ1) is 12.8. The van der Waals surface area contributed by atoms with E-state index in [2.05, 4.69) is 4.98 Å². The van der Waals surface area contributed by atoms with E-state index in [-0.39, 0.29) is 28.1 Å². The van der Waals surface area contributed by atoms with Crippen LogP contribution in [0.2, 0.25) is 0 Å². The number of H-pyrrole nitrogens is 1. The number of benzene rings is 1. The SMILES string of the molecule is Cc1cc(N)cc(C(=O)c2c[nH]c(C(=O)O)c2)c1F. The zero-order valence-corrected chi connectivity index (χ0v) is 10.0. The van der Waals surface area contributed by atoms with Gasteiger partial charge in [0, 0.05) is 17.4 Å². The van der Waals surface area contributed by atoms with Crippen LogP contribution in [-0.4, -0.2) is 21.8 Å². The maximum atomic E-state index is 13.9. The number of hydrogen-bond acceptors (Lipinski definition) is 3. The number of aromatic amines is 1. The van der Waals surface area contributed by atoms with Crippen LogP contribution in [0.4, 0.5) is 10.1 Å². The number of rotatable bonds is 3. The van der Waals surface area contributed by atoms with E-state index in [0.717, 1.165) is 6.07 Å². The highest BCUT2D eigenvalue weighted by Crippen LogP contribution is 2.20. The van der Waals surface area contributed by atoms with E-state index in [1.807, 2.05) is 0 Å². The molecule has 0 atom stereocenters. The van der Waals surface area contributed by atoms with Crippen LogP contribution >= 0.6 is 0 Å². The Morgan fingerprint density at radius 1 is 1.32 bits per heavy atom. The monoisotopic (exact) mass is 262 g/mol. The third-order valence-corrected chi connectivity index (χ3v) is 2.70. The first-order valence-corrected chi connectivity index (χ1v) is 5.42. The summed E-state index contributed by atoms with van der Waals surface area (Å²) in [6.45, 7) is 1.50. The summed E-state index contributed by atoms with van der Waals surface area (Å²) in [7, 11) is 0. The Morgan fingerprint density at radius 3 is 2.58 bits per heavy atom. The van der Waals surface area contributed by atoms with Gasteiger partial charge in [0.25, 0.3) is 0 Å². The normalized spacial score (nSPS) is 10.4. The van der Waals surface area contributed by atoms with Crippen molar-refractivity contribution in [1.82, 2.24) is 4.98 Å². The lowest BCUT2D eigenvalue weighted by Gasteiger charge is -2.05. The third kappa shape index (κ3) is 2.33. The summed E-state index contributed by atoms with van der Waals surface area (Å²) in [6.07, 6.45) is 1.23. The summed E-state index contributed by atoms with van der Waals surface area (Å²) in [6, 6.07) is 3.81. The molecule has 0 saturated carbocycles. The van der Waals surface area contributed by atoms with Gasteiger partial charge in [-0.3, -0.25) is 4.79 Å². The molecule has 0 bridgehead atoms. The maximum absolute atomic E-state index is 13.9. The molecule has 1 aromatic carbocycles. The summed E-state index contributed by atoms with van der Waals surface area (Å²) in [5.41, 5.74) is 5.88. The first-order chi connectivity index (χ1) is 8.90. The van der Waals surface area contributed by atoms with Crippen molar-refractivity contribution >= 4 is 17.4 Å². The summed E-state index contributed by atoms with van der Waals surface area (Å²) < 4.78 is 13.9. The van der Waals surface area contributed by atoms with Gasteiger partial charge in [0.15, 0.2) is 5.78 Å². The fraction of sp³-hybridized carbons (Fsp3) is 0.0769. The van der Waals surface area contributed by atoms with Crippen LogP contribution in [0.1, 0.15) is 32.0 Å². The Labute approximate surface area is 107 Å². The molecule has 0 aliphatic heterocycles. The molecule has 0 spiro atoms. The third-order valence-electron chi connectivity index (χ3n) is 2.70. The van der Waals surface area contributed by atoms with Crippen LogP contribution in [0.15, 0.2) is 24.4 Å². The Balaban J connectivity index is 2.46. The van der Waals surface area contributed by atoms with Crippen molar-refractivity contribution in [3.8, 4) is 0 Å². The summed E-state index contributed by atoms with van der Waals surface area (Å²) in [5.74, 6) is -2.46. The van der Waals surface area contributed by atoms with Gasteiger partial charge in [0.1, 0.15) is 11.5 Å². The Kier molecular flexibility index (Phi) is 3.08. The molecule has 4 N–H and O–H groups in total. The van der Waals surface area contributed by atoms with Gasteiger partial charge in [0.2, 0.25) is 0 Å². The minimum absolute atomic E-state index is 0.0706. The van der Waals surface area contributed by atoms with Crippen molar-refractivity contribution in [3.05, 3.63) is 52.6 Å². The predicted molar refractivity (Wildman–Crippen MR) is 66.7 cm³/mol. The van der Waals surface area contributed by atoms with Crippen molar-refractivity contribution in [1.29, 1.82) is 0 Å². The van der Waals surface area contributed by atoms with Crippen LogP contribution < -0.4 is 5.73 Å². The number of nitrogens with one attached hydrogen (secondary N) is 1. The molecule has 19 heavy (non-hydrogen) atoms. The minimum atomic E-state index is -1.19. The second-order valence-corrected chi connectivity index (χ2v) is 4.14. The molecule has 0 radical (unpaired) electrons. The number of carboxylic acids is 1. The lowest BCUT2D eigenvalue weighted by Crippen LogP contribution is -2.06. The van der Waals surface area contributed by atoms with Crippen LogP contribution in [0.25, 0.3) is 0 Å². The summed E-state index contributed by atoms with van der Waals surface area (Å²) >= 11 is 0. The van der Waals surface area contributed by atoms with Crippen molar-refractivity contribution in [3.63, 3.8) is 0 Å². The molecule has 2 aromatic rings. The Morgan fingerprint density at radius 2 is 2.00 bits per heavy atom. The van der Waals surface area contributed by atoms with Gasteiger partial charge in [-0.05, 0) is 30.7 Å². The highest BCUT2D eigenvalue weighted by molar-refractivity contribution is 6.10. The molecule has 0 unspecified atom stereocenters. The number of halogens is 1. The highest BCUT2D eigenvalue weighted by atomic mass is 19.1. The topological polar surface area (TPSA) is 96.2 Å². The quantitative estimate of drug-likeness (QED) is 0.582. The number of nitrogens with two attached hydrogens (primary N) is 1. The fourth-order valence-electron chi connectivity index (χ4n) is 1.77. The second-order valence-electron chi connectivity index (χ2n) is 4.14. The van der Waals surface area contributed by atoms with Crippen molar-refractivity contribution in [2.24, 2.45) is 0 Å². The lowest BCUT2D eigenvalue weighted by atomic mass is 10.0. The smallest absolute Gasteiger partial charge is 0.352 e. The van der Waals surface area contributed by atoms with Gasteiger partial charge in [0.05, 0.1) is 5.56 Å². The van der Waals surface area contributed by atoms with Gasteiger partial charge in [-0.15, -0.1) is 0 Å². The molecule has 98 valence electrons. The van der Waals surface area contributed by atoms with Crippen molar-refractivity contribution in [2.75, 3.05) is 5.73 Å². The molecule has 6 heteroatoms. The molecule has 1 aromatic heterocycles. The highest BCUT2D eigenvalue weighted by Gasteiger charge is 2.19. The predicted octanol–water partition coefficient (Wildman–Crippen LogP) is 1.97. The molecule has 0 aliphatic rings. The molecule has 0 amide bonds. The number of carboxylic acid groups (broad SMARTS) is 1. The number of ketones is 1. The van der Waals surface area contributed by atoms with Crippen molar-refractivity contribution in [2.45, 2.75) is 6.92 Å². The number of nitrogen functional groups attached to an aromatic ring is 1. The van der Waals surface area contributed by atoms with Gasteiger partial charge < -0.3 is 15.8 Å². The van der Waals surface area contributed by atoms with Gasteiger partial charge in [-0.1, -0.05) is 0 Å². The van der Waals surface area contributed by atoms with Crippen LogP contribution in [-0.2, 0) is 0 Å². The standard InChI is InChI=1S/C13H11FN2O3/c1-6-2-8(15)4-9(11(6)14)12(17)7-3-10(13(18)19)16-5-7/h2-5,16H,15H2,1H3,(H,18,19). The molecule has 1 heterocycles. The molecule has 0 fully saturated rings. The van der Waals surface area contributed by atoms with E-state index in [9.17, 15) is 14.0 Å². The van der Waals surface area contributed by atoms with E-state index in [4.69, 9.17) is 10.8 Å². The van der Waals surface area contributed by atoms with E-state index >= 15 is 0 Å².